The summed E-state index contributed by atoms with van der Waals surface area (Å²) in [6, 6.07) is 10.5. The van der Waals surface area contributed by atoms with E-state index in [9.17, 15) is 4.79 Å². The largest absolute Gasteiger partial charge is 0.353 e. The van der Waals surface area contributed by atoms with E-state index < -0.39 is 0 Å². The second-order valence-electron chi connectivity index (χ2n) is 5.14. The predicted octanol–water partition coefficient (Wildman–Crippen LogP) is 2.03. The van der Waals surface area contributed by atoms with Gasteiger partial charge in [-0.25, -0.2) is 0 Å². The second-order valence-corrected chi connectivity index (χ2v) is 5.14. The SMILES string of the molecule is CC(NC(C)(C)CNC(=O)CN)c1ccccc1.Cl.Cl. The highest BCUT2D eigenvalue weighted by molar-refractivity contribution is 5.85. The third-order valence-electron chi connectivity index (χ3n) is 2.82. The second kappa shape index (κ2) is 10.00. The fourth-order valence-electron chi connectivity index (χ4n) is 1.85. The first-order valence-corrected chi connectivity index (χ1v) is 6.24. The fourth-order valence-corrected chi connectivity index (χ4v) is 1.85. The standard InChI is InChI=1S/C14H23N3O.2ClH/c1-11(12-7-5-4-6-8-12)17-14(2,3)10-16-13(18)9-15;;/h4-8,11,17H,9-10,15H2,1-3H3,(H,16,18);2*1H. The molecule has 0 bridgehead atoms. The van der Waals surface area contributed by atoms with Gasteiger partial charge in [-0.15, -0.1) is 24.8 Å². The van der Waals surface area contributed by atoms with Crippen LogP contribution in [-0.4, -0.2) is 24.5 Å². The van der Waals surface area contributed by atoms with Crippen molar-refractivity contribution in [1.29, 1.82) is 0 Å². The number of benzene rings is 1. The van der Waals surface area contributed by atoms with Crippen LogP contribution < -0.4 is 16.4 Å². The maximum Gasteiger partial charge on any atom is 0.233 e. The maximum atomic E-state index is 11.2. The topological polar surface area (TPSA) is 67.1 Å². The van der Waals surface area contributed by atoms with Crippen LogP contribution in [0, 0.1) is 0 Å². The third-order valence-corrected chi connectivity index (χ3v) is 2.82. The summed E-state index contributed by atoms with van der Waals surface area (Å²) >= 11 is 0. The Bertz CT molecular complexity index is 385. The first-order chi connectivity index (χ1) is 8.44. The normalized spacial score (nSPS) is 11.8. The van der Waals surface area contributed by atoms with Gasteiger partial charge in [0.15, 0.2) is 0 Å². The minimum Gasteiger partial charge on any atom is -0.353 e. The van der Waals surface area contributed by atoms with E-state index in [-0.39, 0.29) is 48.8 Å². The lowest BCUT2D eigenvalue weighted by Gasteiger charge is -2.30. The minimum absolute atomic E-state index is 0. The zero-order valence-electron chi connectivity index (χ0n) is 12.2. The Morgan fingerprint density at radius 1 is 1.25 bits per heavy atom. The molecule has 20 heavy (non-hydrogen) atoms. The molecule has 0 spiro atoms. The molecule has 1 rings (SSSR count). The van der Waals surface area contributed by atoms with E-state index in [0.717, 1.165) is 0 Å². The minimum atomic E-state index is -0.180. The van der Waals surface area contributed by atoms with Crippen LogP contribution >= 0.6 is 24.8 Å². The quantitative estimate of drug-likeness (QED) is 0.751. The van der Waals surface area contributed by atoms with Crippen molar-refractivity contribution in [3.63, 3.8) is 0 Å². The zero-order chi connectivity index (χ0) is 13.6. The van der Waals surface area contributed by atoms with Crippen molar-refractivity contribution < 1.29 is 4.79 Å². The molecule has 0 aliphatic rings. The highest BCUT2D eigenvalue weighted by atomic mass is 35.5. The highest BCUT2D eigenvalue weighted by Crippen LogP contribution is 2.15. The molecule has 1 aromatic carbocycles. The monoisotopic (exact) mass is 321 g/mol. The van der Waals surface area contributed by atoms with E-state index in [0.29, 0.717) is 6.54 Å². The Kier molecular flexibility index (Phi) is 10.7. The molecule has 0 aromatic heterocycles. The van der Waals surface area contributed by atoms with Crippen LogP contribution in [0.1, 0.15) is 32.4 Å². The number of rotatable bonds is 6. The van der Waals surface area contributed by atoms with Crippen molar-refractivity contribution in [1.82, 2.24) is 10.6 Å². The molecular weight excluding hydrogens is 297 g/mol. The summed E-state index contributed by atoms with van der Waals surface area (Å²) in [4.78, 5) is 11.2. The van der Waals surface area contributed by atoms with Gasteiger partial charge in [0.2, 0.25) is 5.91 Å². The zero-order valence-corrected chi connectivity index (χ0v) is 13.8. The average molecular weight is 322 g/mol. The van der Waals surface area contributed by atoms with Crippen LogP contribution in [0.2, 0.25) is 0 Å². The first kappa shape index (κ1) is 21.5. The van der Waals surface area contributed by atoms with Gasteiger partial charge < -0.3 is 16.4 Å². The van der Waals surface area contributed by atoms with Crippen LogP contribution in [0.3, 0.4) is 0 Å². The molecule has 4 N–H and O–H groups in total. The van der Waals surface area contributed by atoms with Gasteiger partial charge in [0.25, 0.3) is 0 Å². The predicted molar refractivity (Wildman–Crippen MR) is 88.6 cm³/mol. The number of nitrogens with two attached hydrogens (primary N) is 1. The molecule has 1 atom stereocenters. The van der Waals surface area contributed by atoms with Crippen molar-refractivity contribution in [3.05, 3.63) is 35.9 Å². The molecule has 0 saturated carbocycles. The van der Waals surface area contributed by atoms with Crippen molar-refractivity contribution in [3.8, 4) is 0 Å². The van der Waals surface area contributed by atoms with Gasteiger partial charge in [-0.3, -0.25) is 4.79 Å². The third kappa shape index (κ3) is 7.70. The van der Waals surface area contributed by atoms with E-state index in [4.69, 9.17) is 5.73 Å². The maximum absolute atomic E-state index is 11.2. The Morgan fingerprint density at radius 2 is 1.80 bits per heavy atom. The molecule has 0 aliphatic heterocycles. The van der Waals surface area contributed by atoms with E-state index in [2.05, 4.69) is 43.5 Å². The van der Waals surface area contributed by atoms with E-state index in [1.54, 1.807) is 0 Å². The number of amides is 1. The van der Waals surface area contributed by atoms with Gasteiger partial charge in [0.1, 0.15) is 0 Å². The van der Waals surface area contributed by atoms with Gasteiger partial charge in [-0.1, -0.05) is 30.3 Å². The molecule has 116 valence electrons. The van der Waals surface area contributed by atoms with Gasteiger partial charge in [-0.2, -0.15) is 0 Å². The van der Waals surface area contributed by atoms with Crippen LogP contribution in [0.5, 0.6) is 0 Å². The summed E-state index contributed by atoms with van der Waals surface area (Å²) < 4.78 is 0. The van der Waals surface area contributed by atoms with Gasteiger partial charge in [0, 0.05) is 18.1 Å². The number of carbonyl (C=O) groups is 1. The average Bonchev–Trinajstić information content (AvgIpc) is 2.36. The molecule has 0 radical (unpaired) electrons. The fraction of sp³-hybridized carbons (Fsp3) is 0.500. The van der Waals surface area contributed by atoms with Gasteiger partial charge >= 0.3 is 0 Å². The number of carbonyl (C=O) groups excluding carboxylic acids is 1. The number of hydrogen-bond donors (Lipinski definition) is 3. The Morgan fingerprint density at radius 3 is 2.30 bits per heavy atom. The Hall–Kier alpha value is -0.810. The first-order valence-electron chi connectivity index (χ1n) is 6.24. The summed E-state index contributed by atoms with van der Waals surface area (Å²) in [6.07, 6.45) is 0. The molecule has 0 saturated heterocycles. The number of hydrogen-bond acceptors (Lipinski definition) is 3. The van der Waals surface area contributed by atoms with Crippen molar-refractivity contribution in [2.24, 2.45) is 5.73 Å². The van der Waals surface area contributed by atoms with Gasteiger partial charge in [-0.05, 0) is 26.3 Å². The Labute approximate surface area is 133 Å². The Balaban J connectivity index is 0. The summed E-state index contributed by atoms with van der Waals surface area (Å²) in [5.74, 6) is -0.128. The summed E-state index contributed by atoms with van der Waals surface area (Å²) in [5, 5.41) is 6.30. The van der Waals surface area contributed by atoms with Crippen molar-refractivity contribution in [2.75, 3.05) is 13.1 Å². The van der Waals surface area contributed by atoms with Crippen molar-refractivity contribution in [2.45, 2.75) is 32.4 Å². The van der Waals surface area contributed by atoms with E-state index in [1.807, 2.05) is 18.2 Å². The van der Waals surface area contributed by atoms with Crippen molar-refractivity contribution >= 4 is 30.7 Å². The molecule has 6 heteroatoms. The number of halogens is 2. The molecule has 1 unspecified atom stereocenters. The van der Waals surface area contributed by atoms with E-state index >= 15 is 0 Å². The molecule has 1 amide bonds. The molecule has 0 heterocycles. The van der Waals surface area contributed by atoms with Crippen LogP contribution in [-0.2, 0) is 4.79 Å². The lowest BCUT2D eigenvalue weighted by Crippen LogP contribution is -2.50. The highest BCUT2D eigenvalue weighted by Gasteiger charge is 2.21. The number of nitrogens with one attached hydrogen (secondary N) is 2. The van der Waals surface area contributed by atoms with Gasteiger partial charge in [0.05, 0.1) is 6.54 Å². The van der Waals surface area contributed by atoms with Crippen LogP contribution in [0.25, 0.3) is 0 Å². The molecule has 0 aliphatic carbocycles. The lowest BCUT2D eigenvalue weighted by atomic mass is 10.0. The summed E-state index contributed by atoms with van der Waals surface area (Å²) in [7, 11) is 0. The summed E-state index contributed by atoms with van der Waals surface area (Å²) in [6.45, 7) is 6.82. The summed E-state index contributed by atoms with van der Waals surface area (Å²) in [5.41, 5.74) is 6.31. The lowest BCUT2D eigenvalue weighted by molar-refractivity contribution is -0.120. The molecule has 0 fully saturated rings. The van der Waals surface area contributed by atoms with Crippen LogP contribution in [0.4, 0.5) is 0 Å². The molecule has 1 aromatic rings. The van der Waals surface area contributed by atoms with E-state index in [1.165, 1.54) is 5.56 Å². The molecule has 4 nitrogen and oxygen atoms in total. The smallest absolute Gasteiger partial charge is 0.233 e. The van der Waals surface area contributed by atoms with Crippen LogP contribution in [0.15, 0.2) is 30.3 Å². The molecular formula is C14H25Cl2N3O.